The van der Waals surface area contributed by atoms with E-state index in [2.05, 4.69) is 36.0 Å². The van der Waals surface area contributed by atoms with E-state index >= 15 is 0 Å². The van der Waals surface area contributed by atoms with Crippen LogP contribution in [0, 0.1) is 5.92 Å². The van der Waals surface area contributed by atoms with Crippen molar-refractivity contribution in [1.82, 2.24) is 49.0 Å². The van der Waals surface area contributed by atoms with Gasteiger partial charge in [0.05, 0.1) is 47.7 Å². The number of carbonyl (C=O) groups is 4. The average molecular weight is 1010 g/mol. The standard InChI is InChI=1S/C49H62F4N12O7/c1-48(2,3)72-46(69)55-31-23-49(52,53)28-62(26-31)38-18-21-63-43(57-38)34(24-54-63)44(67)56-35-27-64(59-40(35)42(50)51)32-12-10-29(11-13-32)25-61-19-16-33(17-20-61)71-22-6-8-30-7-5-9-36-41(30)60(4)47(70)65(36)37-14-15-39(66)58-45(37)68/h5,7,9,18,21,24,27,29,31-33,37,42H,6,8,10-17,19-20,22-23,25-26,28H2,1-4H3,(H,55,69)(H,56,67)(H,58,66,68)/t29-,31-,32-,37?/m1/s1. The van der Waals surface area contributed by atoms with Gasteiger partial charge in [0.2, 0.25) is 11.8 Å². The maximum absolute atomic E-state index is 15.0. The lowest BCUT2D eigenvalue weighted by Gasteiger charge is -2.38. The number of nitrogens with zero attached hydrogens (tertiary/aromatic N) is 9. The summed E-state index contributed by atoms with van der Waals surface area (Å²) in [6.07, 6.45) is 6.85. The van der Waals surface area contributed by atoms with Crippen LogP contribution >= 0.6 is 0 Å². The molecule has 7 heterocycles. The van der Waals surface area contributed by atoms with Gasteiger partial charge in [0.1, 0.15) is 23.0 Å². The molecule has 2 atom stereocenters. The van der Waals surface area contributed by atoms with Crippen LogP contribution in [0.3, 0.4) is 0 Å². The highest BCUT2D eigenvalue weighted by atomic mass is 19.3. The smallest absolute Gasteiger partial charge is 0.407 e. The second kappa shape index (κ2) is 20.6. The first kappa shape index (κ1) is 50.6. The molecule has 3 saturated heterocycles. The van der Waals surface area contributed by atoms with Gasteiger partial charge in [0.25, 0.3) is 18.3 Å². The number of rotatable bonds is 14. The number of ether oxygens (including phenoxy) is 2. The Balaban J connectivity index is 0.740. The minimum absolute atomic E-state index is 0.00897. The third-order valence-electron chi connectivity index (χ3n) is 14.2. The van der Waals surface area contributed by atoms with E-state index in [1.165, 1.54) is 43.3 Å². The Morgan fingerprint density at radius 3 is 2.50 bits per heavy atom. The van der Waals surface area contributed by atoms with Gasteiger partial charge in [-0.1, -0.05) is 12.1 Å². The molecule has 1 saturated carbocycles. The third kappa shape index (κ3) is 11.3. The average Bonchev–Trinajstić information content (AvgIpc) is 4.01. The Morgan fingerprint density at radius 1 is 1.01 bits per heavy atom. The number of likely N-dealkylation sites (tertiary alicyclic amines) is 1. The monoisotopic (exact) mass is 1010 g/mol. The number of alkyl carbamates (subject to hydrolysis) is 1. The number of fused-ring (bicyclic) bond motifs is 2. The first-order valence-electron chi connectivity index (χ1n) is 24.8. The molecule has 0 radical (unpaired) electrons. The summed E-state index contributed by atoms with van der Waals surface area (Å²) < 4.78 is 76.3. The van der Waals surface area contributed by atoms with E-state index in [1.807, 2.05) is 18.2 Å². The van der Waals surface area contributed by atoms with E-state index in [0.717, 1.165) is 75.7 Å². The number of imide groups is 1. The topological polar surface area (TPSA) is 204 Å². The molecule has 0 bridgehead atoms. The van der Waals surface area contributed by atoms with E-state index in [0.29, 0.717) is 24.5 Å². The number of hydrogen-bond donors (Lipinski definition) is 3. The van der Waals surface area contributed by atoms with Crippen LogP contribution in [-0.2, 0) is 32.5 Å². The molecule has 0 spiro atoms. The number of benzene rings is 1. The molecule has 9 rings (SSSR count). The van der Waals surface area contributed by atoms with Crippen molar-refractivity contribution >= 4 is 52.0 Å². The molecule has 388 valence electrons. The summed E-state index contributed by atoms with van der Waals surface area (Å²) in [7, 11) is 1.71. The molecule has 3 aliphatic heterocycles. The second-order valence-corrected chi connectivity index (χ2v) is 20.7. The quantitative estimate of drug-likeness (QED) is 0.0635. The molecule has 72 heavy (non-hydrogen) atoms. The van der Waals surface area contributed by atoms with Crippen LogP contribution in [0.4, 0.5) is 33.9 Å². The number of amides is 4. The largest absolute Gasteiger partial charge is 0.444 e. The van der Waals surface area contributed by atoms with Crippen molar-refractivity contribution in [3.8, 4) is 0 Å². The summed E-state index contributed by atoms with van der Waals surface area (Å²) in [6, 6.07) is 5.36. The maximum Gasteiger partial charge on any atom is 0.407 e. The molecule has 4 amide bonds. The van der Waals surface area contributed by atoms with Crippen LogP contribution in [0.15, 0.2) is 47.7 Å². The number of anilines is 2. The van der Waals surface area contributed by atoms with Crippen LogP contribution in [0.25, 0.3) is 16.7 Å². The molecule has 5 aromatic rings. The van der Waals surface area contributed by atoms with Crippen molar-refractivity contribution in [3.05, 3.63) is 70.2 Å². The number of hydrogen-bond acceptors (Lipinski definition) is 12. The van der Waals surface area contributed by atoms with Crippen LogP contribution < -0.4 is 26.5 Å². The van der Waals surface area contributed by atoms with Crippen molar-refractivity contribution in [2.45, 2.75) is 134 Å². The molecule has 4 aromatic heterocycles. The maximum atomic E-state index is 15.0. The van der Waals surface area contributed by atoms with Gasteiger partial charge in [-0.3, -0.25) is 33.5 Å². The molecule has 23 heteroatoms. The molecule has 1 aliphatic carbocycles. The highest BCUT2D eigenvalue weighted by molar-refractivity contribution is 6.08. The number of piperidine rings is 3. The fraction of sp³-hybridized carbons (Fsp3) is 0.592. The van der Waals surface area contributed by atoms with Crippen molar-refractivity contribution in [2.75, 3.05) is 49.5 Å². The lowest BCUT2D eigenvalue weighted by Crippen LogP contribution is -2.56. The molecule has 4 fully saturated rings. The number of halogens is 4. The van der Waals surface area contributed by atoms with Gasteiger partial charge in [-0.05, 0) is 102 Å². The van der Waals surface area contributed by atoms with Crippen molar-refractivity contribution in [1.29, 1.82) is 0 Å². The van der Waals surface area contributed by atoms with Gasteiger partial charge in [0.15, 0.2) is 11.3 Å². The molecular weight excluding hydrogens is 945 g/mol. The third-order valence-corrected chi connectivity index (χ3v) is 14.2. The summed E-state index contributed by atoms with van der Waals surface area (Å²) in [5.41, 5.74) is 0.593. The van der Waals surface area contributed by atoms with Crippen molar-refractivity contribution in [3.63, 3.8) is 0 Å². The van der Waals surface area contributed by atoms with Gasteiger partial charge < -0.3 is 29.9 Å². The number of imidazole rings is 1. The Bertz CT molecular complexity index is 2870. The predicted molar refractivity (Wildman–Crippen MR) is 256 cm³/mol. The van der Waals surface area contributed by atoms with E-state index in [9.17, 15) is 41.5 Å². The molecule has 1 aromatic carbocycles. The summed E-state index contributed by atoms with van der Waals surface area (Å²) >= 11 is 0. The van der Waals surface area contributed by atoms with E-state index < -0.39 is 66.6 Å². The second-order valence-electron chi connectivity index (χ2n) is 20.7. The minimum atomic E-state index is -3.18. The zero-order valence-electron chi connectivity index (χ0n) is 40.9. The highest BCUT2D eigenvalue weighted by Gasteiger charge is 2.42. The van der Waals surface area contributed by atoms with E-state index in [1.54, 1.807) is 32.4 Å². The zero-order valence-corrected chi connectivity index (χ0v) is 40.9. The van der Waals surface area contributed by atoms with Crippen molar-refractivity contribution < 1.29 is 46.2 Å². The summed E-state index contributed by atoms with van der Waals surface area (Å²) in [4.78, 5) is 72.1. The Labute approximate surface area is 412 Å². The van der Waals surface area contributed by atoms with Gasteiger partial charge in [-0.25, -0.2) is 36.7 Å². The van der Waals surface area contributed by atoms with E-state index in [4.69, 9.17) is 9.47 Å². The number of alkyl halides is 4. The van der Waals surface area contributed by atoms with Crippen LogP contribution in [-0.4, -0.2) is 125 Å². The van der Waals surface area contributed by atoms with Crippen LogP contribution in [0.1, 0.15) is 125 Å². The summed E-state index contributed by atoms with van der Waals surface area (Å²) in [5.74, 6) is -4.20. The fourth-order valence-corrected chi connectivity index (χ4v) is 10.8. The Hall–Kier alpha value is -6.36. The molecular formula is C49H62F4N12O7. The number of aromatic nitrogens is 7. The normalized spacial score (nSPS) is 22.4. The number of aryl methyl sites for hydroxylation is 2. The lowest BCUT2D eigenvalue weighted by molar-refractivity contribution is -0.135. The van der Waals surface area contributed by atoms with Gasteiger partial charge in [-0.2, -0.15) is 10.2 Å². The minimum Gasteiger partial charge on any atom is -0.444 e. The molecule has 4 aliphatic rings. The lowest BCUT2D eigenvalue weighted by atomic mass is 9.85. The predicted octanol–water partition coefficient (Wildman–Crippen LogP) is 6.33. The molecule has 19 nitrogen and oxygen atoms in total. The number of nitrogens with one attached hydrogen (secondary N) is 3. The van der Waals surface area contributed by atoms with E-state index in [-0.39, 0.29) is 65.8 Å². The van der Waals surface area contributed by atoms with Gasteiger partial charge in [-0.15, -0.1) is 0 Å². The first-order chi connectivity index (χ1) is 34.3. The Morgan fingerprint density at radius 2 is 1.78 bits per heavy atom. The van der Waals surface area contributed by atoms with Gasteiger partial charge >= 0.3 is 11.8 Å². The highest BCUT2D eigenvalue weighted by Crippen LogP contribution is 2.36. The fourth-order valence-electron chi connectivity index (χ4n) is 10.8. The number of carbonyl (C=O) groups excluding carboxylic acids is 4. The van der Waals surface area contributed by atoms with Gasteiger partial charge in [0, 0.05) is 65.1 Å². The zero-order chi connectivity index (χ0) is 51.1. The molecule has 1 unspecified atom stereocenters. The van der Waals surface area contributed by atoms with Crippen molar-refractivity contribution in [2.24, 2.45) is 13.0 Å². The molecule has 3 N–H and O–H groups in total. The Kier molecular flexibility index (Phi) is 14.5. The first-order valence-corrected chi connectivity index (χ1v) is 24.8. The van der Waals surface area contributed by atoms with Crippen LogP contribution in [0.2, 0.25) is 0 Å². The van der Waals surface area contributed by atoms with Crippen LogP contribution in [0.5, 0.6) is 0 Å². The number of para-hydroxylation sites is 1. The SMILES string of the molecule is Cn1c(=O)n(C2CCC(=O)NC2=O)c2cccc(CCCOC3CCN(C[C@H]4CC[C@H](n5cc(NC(=O)c6cnn7ccc(N8C[C@H](NC(=O)OC(C)(C)C)CC(F)(F)C8)nc67)c(C(F)F)n5)CC4)CC3)c21. The summed E-state index contributed by atoms with van der Waals surface area (Å²) in [6.45, 7) is 7.63. The summed E-state index contributed by atoms with van der Waals surface area (Å²) in [5, 5.41) is 15.9.